The number of ether oxygens (including phenoxy) is 1. The molecule has 2 aromatic carbocycles. The number of hydrogen-bond acceptors (Lipinski definition) is 3. The molecule has 0 heterocycles. The summed E-state index contributed by atoms with van der Waals surface area (Å²) in [5.74, 6) is 0.779. The summed E-state index contributed by atoms with van der Waals surface area (Å²) in [5.41, 5.74) is 1.09. The normalized spacial score (nSPS) is 12.0. The van der Waals surface area contributed by atoms with Gasteiger partial charge in [-0.3, -0.25) is 9.69 Å². The van der Waals surface area contributed by atoms with Crippen LogP contribution >= 0.6 is 11.6 Å². The van der Waals surface area contributed by atoms with Crippen LogP contribution in [-0.4, -0.2) is 37.0 Å². The van der Waals surface area contributed by atoms with Crippen LogP contribution in [0, 0.1) is 0 Å². The molecule has 0 fully saturated rings. The zero-order valence-corrected chi connectivity index (χ0v) is 14.8. The third-order valence-electron chi connectivity index (χ3n) is 3.88. The van der Waals surface area contributed by atoms with Crippen LogP contribution < -0.4 is 10.1 Å². The summed E-state index contributed by atoms with van der Waals surface area (Å²) in [6.07, 6.45) is 0. The number of nitrogens with one attached hydrogen (secondary N) is 1. The van der Waals surface area contributed by atoms with Crippen LogP contribution in [0.1, 0.15) is 12.5 Å². The first kappa shape index (κ1) is 18.3. The molecule has 0 aliphatic carbocycles. The van der Waals surface area contributed by atoms with E-state index >= 15 is 0 Å². The van der Waals surface area contributed by atoms with E-state index in [2.05, 4.69) is 5.32 Å². The second-order valence-corrected chi connectivity index (χ2v) is 6.10. The minimum Gasteiger partial charge on any atom is -0.492 e. The Morgan fingerprint density at radius 2 is 1.83 bits per heavy atom. The molecule has 0 aromatic heterocycles. The van der Waals surface area contributed by atoms with E-state index in [4.69, 9.17) is 16.3 Å². The van der Waals surface area contributed by atoms with Gasteiger partial charge in [-0.25, -0.2) is 0 Å². The maximum atomic E-state index is 12.2. The molecule has 24 heavy (non-hydrogen) atoms. The summed E-state index contributed by atoms with van der Waals surface area (Å²) in [6, 6.07) is 16.9. The fourth-order valence-electron chi connectivity index (χ4n) is 2.16. The van der Waals surface area contributed by atoms with Crippen molar-refractivity contribution in [3.8, 4) is 5.75 Å². The van der Waals surface area contributed by atoms with E-state index in [0.29, 0.717) is 24.7 Å². The number of carbonyl (C=O) groups is 1. The Morgan fingerprint density at radius 3 is 2.50 bits per heavy atom. The van der Waals surface area contributed by atoms with Gasteiger partial charge in [-0.1, -0.05) is 41.9 Å². The third-order valence-corrected chi connectivity index (χ3v) is 4.13. The minimum atomic E-state index is -0.220. The lowest BCUT2D eigenvalue weighted by molar-refractivity contribution is -0.125. The zero-order valence-electron chi connectivity index (χ0n) is 14.0. The molecular weight excluding hydrogens is 324 g/mol. The number of halogens is 1. The van der Waals surface area contributed by atoms with Crippen LogP contribution in [-0.2, 0) is 11.3 Å². The molecule has 0 radical (unpaired) electrons. The summed E-state index contributed by atoms with van der Waals surface area (Å²) >= 11 is 5.84. The van der Waals surface area contributed by atoms with Crippen molar-refractivity contribution in [1.82, 2.24) is 10.2 Å². The average Bonchev–Trinajstić information content (AvgIpc) is 2.61. The van der Waals surface area contributed by atoms with Crippen LogP contribution in [0.15, 0.2) is 54.6 Å². The molecule has 1 unspecified atom stereocenters. The van der Waals surface area contributed by atoms with Gasteiger partial charge in [0.25, 0.3) is 0 Å². The molecule has 2 rings (SSSR count). The number of rotatable bonds is 8. The lowest BCUT2D eigenvalue weighted by atomic mass is 10.2. The number of nitrogens with zero attached hydrogens (tertiary/aromatic N) is 1. The van der Waals surface area contributed by atoms with Crippen molar-refractivity contribution in [2.45, 2.75) is 19.5 Å². The summed E-state index contributed by atoms with van der Waals surface area (Å²) in [7, 11) is 1.91. The van der Waals surface area contributed by atoms with Gasteiger partial charge in [-0.05, 0) is 43.8 Å². The fraction of sp³-hybridized carbons (Fsp3) is 0.316. The van der Waals surface area contributed by atoms with Crippen molar-refractivity contribution in [3.63, 3.8) is 0 Å². The molecule has 1 amide bonds. The molecule has 0 aliphatic heterocycles. The average molecular weight is 347 g/mol. The Labute approximate surface area is 148 Å². The van der Waals surface area contributed by atoms with Crippen LogP contribution in [0.5, 0.6) is 5.75 Å². The second kappa shape index (κ2) is 9.30. The van der Waals surface area contributed by atoms with E-state index in [-0.39, 0.29) is 11.9 Å². The Balaban J connectivity index is 1.71. The van der Waals surface area contributed by atoms with E-state index < -0.39 is 0 Å². The maximum absolute atomic E-state index is 12.2. The van der Waals surface area contributed by atoms with E-state index in [1.165, 1.54) is 0 Å². The van der Waals surface area contributed by atoms with Gasteiger partial charge in [0.2, 0.25) is 5.91 Å². The standard InChI is InChI=1S/C19H23ClN2O2/c1-15(19(23)21-14-16-6-4-3-5-7-16)22(2)12-13-24-18-10-8-17(20)9-11-18/h3-11,15H,12-14H2,1-2H3,(H,21,23). The summed E-state index contributed by atoms with van der Waals surface area (Å²) in [4.78, 5) is 14.2. The van der Waals surface area contributed by atoms with Crippen molar-refractivity contribution < 1.29 is 9.53 Å². The smallest absolute Gasteiger partial charge is 0.237 e. The third kappa shape index (κ3) is 5.87. The lowest BCUT2D eigenvalue weighted by Crippen LogP contribution is -2.44. The highest BCUT2D eigenvalue weighted by atomic mass is 35.5. The lowest BCUT2D eigenvalue weighted by Gasteiger charge is -2.23. The molecule has 0 bridgehead atoms. The minimum absolute atomic E-state index is 0.00726. The number of carbonyl (C=O) groups excluding carboxylic acids is 1. The van der Waals surface area contributed by atoms with Gasteiger partial charge in [0, 0.05) is 18.1 Å². The largest absolute Gasteiger partial charge is 0.492 e. The number of benzene rings is 2. The molecule has 0 spiro atoms. The van der Waals surface area contributed by atoms with Gasteiger partial charge in [0.05, 0.1) is 6.04 Å². The number of hydrogen-bond donors (Lipinski definition) is 1. The zero-order chi connectivity index (χ0) is 17.4. The maximum Gasteiger partial charge on any atom is 0.237 e. The van der Waals surface area contributed by atoms with E-state index in [1.54, 1.807) is 12.1 Å². The first-order chi connectivity index (χ1) is 11.6. The van der Waals surface area contributed by atoms with Gasteiger partial charge in [-0.2, -0.15) is 0 Å². The van der Waals surface area contributed by atoms with Crippen molar-refractivity contribution in [2.24, 2.45) is 0 Å². The quantitative estimate of drug-likeness (QED) is 0.797. The summed E-state index contributed by atoms with van der Waals surface area (Å²) < 4.78 is 5.66. The van der Waals surface area contributed by atoms with Gasteiger partial charge < -0.3 is 10.1 Å². The van der Waals surface area contributed by atoms with Crippen LogP contribution in [0.3, 0.4) is 0 Å². The molecule has 1 N–H and O–H groups in total. The van der Waals surface area contributed by atoms with Crippen LogP contribution in [0.25, 0.3) is 0 Å². The predicted octanol–water partition coefficient (Wildman–Crippen LogP) is 3.36. The van der Waals surface area contributed by atoms with Crippen molar-refractivity contribution >= 4 is 17.5 Å². The molecule has 0 saturated carbocycles. The van der Waals surface area contributed by atoms with Gasteiger partial charge in [0.15, 0.2) is 0 Å². The molecular formula is C19H23ClN2O2. The predicted molar refractivity (Wildman–Crippen MR) is 97.3 cm³/mol. The van der Waals surface area contributed by atoms with E-state index in [0.717, 1.165) is 11.3 Å². The summed E-state index contributed by atoms with van der Waals surface area (Å²) in [6.45, 7) is 3.60. The highest BCUT2D eigenvalue weighted by molar-refractivity contribution is 6.30. The highest BCUT2D eigenvalue weighted by Crippen LogP contribution is 2.15. The van der Waals surface area contributed by atoms with E-state index in [1.807, 2.05) is 61.3 Å². The van der Waals surface area contributed by atoms with Crippen LogP contribution in [0.4, 0.5) is 0 Å². The first-order valence-corrected chi connectivity index (χ1v) is 8.34. The topological polar surface area (TPSA) is 41.6 Å². The Hall–Kier alpha value is -2.04. The van der Waals surface area contributed by atoms with Crippen LogP contribution in [0.2, 0.25) is 5.02 Å². The molecule has 128 valence electrons. The Morgan fingerprint density at radius 1 is 1.17 bits per heavy atom. The molecule has 2 aromatic rings. The first-order valence-electron chi connectivity index (χ1n) is 7.96. The number of likely N-dealkylation sites (N-methyl/N-ethyl adjacent to an activating group) is 1. The molecule has 4 nitrogen and oxygen atoms in total. The fourth-order valence-corrected chi connectivity index (χ4v) is 2.29. The van der Waals surface area contributed by atoms with Crippen molar-refractivity contribution in [2.75, 3.05) is 20.2 Å². The molecule has 1 atom stereocenters. The highest BCUT2D eigenvalue weighted by Gasteiger charge is 2.17. The second-order valence-electron chi connectivity index (χ2n) is 5.66. The molecule has 5 heteroatoms. The summed E-state index contributed by atoms with van der Waals surface area (Å²) in [5, 5.41) is 3.64. The molecule has 0 aliphatic rings. The monoisotopic (exact) mass is 346 g/mol. The Bertz CT molecular complexity index is 632. The van der Waals surface area contributed by atoms with Crippen molar-refractivity contribution in [1.29, 1.82) is 0 Å². The van der Waals surface area contributed by atoms with E-state index in [9.17, 15) is 4.79 Å². The van der Waals surface area contributed by atoms with Gasteiger partial charge in [-0.15, -0.1) is 0 Å². The Kier molecular flexibility index (Phi) is 7.09. The van der Waals surface area contributed by atoms with Gasteiger partial charge >= 0.3 is 0 Å². The molecule has 0 saturated heterocycles. The van der Waals surface area contributed by atoms with Crippen molar-refractivity contribution in [3.05, 3.63) is 65.2 Å². The van der Waals surface area contributed by atoms with Gasteiger partial charge in [0.1, 0.15) is 12.4 Å². The number of amides is 1. The SMILES string of the molecule is CC(C(=O)NCc1ccccc1)N(C)CCOc1ccc(Cl)cc1.